The fourth-order valence-electron chi connectivity index (χ4n) is 1.69. The van der Waals surface area contributed by atoms with Gasteiger partial charge in [0.05, 0.1) is 0 Å². The van der Waals surface area contributed by atoms with Crippen LogP contribution in [0.3, 0.4) is 0 Å². The van der Waals surface area contributed by atoms with Crippen molar-refractivity contribution in [3.63, 3.8) is 0 Å². The molecular formula is C13H15N3O2. The highest BCUT2D eigenvalue weighted by molar-refractivity contribution is 5.91. The van der Waals surface area contributed by atoms with Gasteiger partial charge < -0.3 is 5.32 Å². The maximum Gasteiger partial charge on any atom is 0.269 e. The van der Waals surface area contributed by atoms with Gasteiger partial charge in [-0.25, -0.2) is 0 Å². The minimum absolute atomic E-state index is 0.263. The van der Waals surface area contributed by atoms with Crippen molar-refractivity contribution in [3.05, 3.63) is 58.0 Å². The number of amides is 1. The molecule has 0 aliphatic carbocycles. The fraction of sp³-hybridized carbons (Fsp3) is 0.231. The number of hydrogen-bond donors (Lipinski definition) is 3. The van der Waals surface area contributed by atoms with Crippen molar-refractivity contribution in [2.45, 2.75) is 12.8 Å². The number of nitrogens with one attached hydrogen (secondary N) is 3. The Morgan fingerprint density at radius 1 is 1.17 bits per heavy atom. The van der Waals surface area contributed by atoms with Crippen LogP contribution in [0.2, 0.25) is 0 Å². The molecule has 1 heterocycles. The molecule has 0 saturated carbocycles. The monoisotopic (exact) mass is 245 g/mol. The van der Waals surface area contributed by atoms with Crippen molar-refractivity contribution in [2.75, 3.05) is 6.54 Å². The molecule has 0 unspecified atom stereocenters. The normalized spacial score (nSPS) is 10.2. The number of carbonyl (C=O) groups excluding carboxylic acids is 1. The molecule has 1 aromatic heterocycles. The largest absolute Gasteiger partial charge is 0.351 e. The first-order valence-corrected chi connectivity index (χ1v) is 5.85. The highest BCUT2D eigenvalue weighted by Gasteiger charge is 2.06. The van der Waals surface area contributed by atoms with Crippen LogP contribution in [0, 0.1) is 0 Å². The standard InChI is InChI=1S/C13H15N3O2/c17-12-9-11(15-16-12)13(18)14-8-4-7-10-5-2-1-3-6-10/h1-3,5-6,9H,4,7-8H2,(H,14,18)(H2,15,16,17). The molecule has 0 aliphatic rings. The van der Waals surface area contributed by atoms with Crippen LogP contribution in [-0.2, 0) is 6.42 Å². The summed E-state index contributed by atoms with van der Waals surface area (Å²) in [5, 5.41) is 7.59. The van der Waals surface area contributed by atoms with Crippen LogP contribution in [-0.4, -0.2) is 22.6 Å². The molecule has 1 aromatic carbocycles. The molecule has 0 radical (unpaired) electrons. The zero-order valence-corrected chi connectivity index (χ0v) is 9.90. The number of benzene rings is 1. The SMILES string of the molecule is O=C(NCCCc1ccccc1)c1cc(=O)[nH][nH]1. The topological polar surface area (TPSA) is 77.8 Å². The van der Waals surface area contributed by atoms with Gasteiger partial charge in [0.2, 0.25) is 0 Å². The van der Waals surface area contributed by atoms with Crippen LogP contribution in [0.15, 0.2) is 41.2 Å². The molecule has 0 fully saturated rings. The molecule has 5 heteroatoms. The predicted octanol–water partition coefficient (Wildman–Crippen LogP) is 1.07. The number of hydrogen-bond acceptors (Lipinski definition) is 2. The average molecular weight is 245 g/mol. The number of aromatic amines is 2. The van der Waals surface area contributed by atoms with Gasteiger partial charge in [0.15, 0.2) is 0 Å². The summed E-state index contributed by atoms with van der Waals surface area (Å²) in [4.78, 5) is 22.4. The lowest BCUT2D eigenvalue weighted by molar-refractivity contribution is 0.0948. The van der Waals surface area contributed by atoms with E-state index in [0.717, 1.165) is 12.8 Å². The summed E-state index contributed by atoms with van der Waals surface area (Å²) in [5.74, 6) is -0.263. The van der Waals surface area contributed by atoms with Gasteiger partial charge >= 0.3 is 0 Å². The summed E-state index contributed by atoms with van der Waals surface area (Å²) in [6.07, 6.45) is 1.79. The lowest BCUT2D eigenvalue weighted by Crippen LogP contribution is -2.25. The Morgan fingerprint density at radius 3 is 2.61 bits per heavy atom. The van der Waals surface area contributed by atoms with Crippen LogP contribution in [0.5, 0.6) is 0 Å². The van der Waals surface area contributed by atoms with Gasteiger partial charge in [0.1, 0.15) is 5.69 Å². The van der Waals surface area contributed by atoms with Gasteiger partial charge in [0, 0.05) is 12.6 Å². The predicted molar refractivity (Wildman–Crippen MR) is 68.5 cm³/mol. The zero-order chi connectivity index (χ0) is 12.8. The third-order valence-corrected chi connectivity index (χ3v) is 2.61. The van der Waals surface area contributed by atoms with E-state index >= 15 is 0 Å². The first kappa shape index (κ1) is 12.2. The van der Waals surface area contributed by atoms with E-state index in [4.69, 9.17) is 0 Å². The van der Waals surface area contributed by atoms with E-state index in [1.807, 2.05) is 18.2 Å². The van der Waals surface area contributed by atoms with Gasteiger partial charge in [-0.05, 0) is 18.4 Å². The number of aryl methyl sites for hydroxylation is 1. The Kier molecular flexibility index (Phi) is 3.96. The third kappa shape index (κ3) is 3.35. The van der Waals surface area contributed by atoms with Gasteiger partial charge in [-0.1, -0.05) is 30.3 Å². The third-order valence-electron chi connectivity index (χ3n) is 2.61. The Hall–Kier alpha value is -2.30. The van der Waals surface area contributed by atoms with Crippen molar-refractivity contribution in [3.8, 4) is 0 Å². The lowest BCUT2D eigenvalue weighted by Gasteiger charge is -2.03. The summed E-state index contributed by atoms with van der Waals surface area (Å²) in [6.45, 7) is 0.584. The first-order chi connectivity index (χ1) is 8.75. The van der Waals surface area contributed by atoms with Gasteiger partial charge in [0.25, 0.3) is 11.5 Å². The molecule has 18 heavy (non-hydrogen) atoms. The molecule has 0 bridgehead atoms. The van der Waals surface area contributed by atoms with E-state index in [2.05, 4.69) is 27.6 Å². The Morgan fingerprint density at radius 2 is 1.94 bits per heavy atom. The Labute approximate surface area is 104 Å². The van der Waals surface area contributed by atoms with Gasteiger partial charge in [-0.2, -0.15) is 0 Å². The molecule has 1 amide bonds. The second-order valence-electron chi connectivity index (χ2n) is 4.02. The van der Waals surface area contributed by atoms with Crippen LogP contribution < -0.4 is 10.9 Å². The molecule has 3 N–H and O–H groups in total. The summed E-state index contributed by atoms with van der Waals surface area (Å²) >= 11 is 0. The van der Waals surface area contributed by atoms with Crippen LogP contribution in [0.1, 0.15) is 22.5 Å². The molecule has 0 atom stereocenters. The minimum atomic E-state index is -0.301. The smallest absolute Gasteiger partial charge is 0.269 e. The number of rotatable bonds is 5. The quantitative estimate of drug-likeness (QED) is 0.689. The zero-order valence-electron chi connectivity index (χ0n) is 9.90. The van der Waals surface area contributed by atoms with Gasteiger partial charge in [-0.15, -0.1) is 0 Å². The Balaban J connectivity index is 1.73. The van der Waals surface area contributed by atoms with Gasteiger partial charge in [-0.3, -0.25) is 19.8 Å². The molecule has 2 rings (SSSR count). The fourth-order valence-corrected chi connectivity index (χ4v) is 1.69. The minimum Gasteiger partial charge on any atom is -0.351 e. The summed E-state index contributed by atoms with van der Waals surface area (Å²) in [7, 11) is 0. The average Bonchev–Trinajstić information content (AvgIpc) is 2.82. The van der Waals surface area contributed by atoms with Crippen molar-refractivity contribution < 1.29 is 4.79 Å². The van der Waals surface area contributed by atoms with E-state index in [1.165, 1.54) is 11.6 Å². The molecule has 0 spiro atoms. The van der Waals surface area contributed by atoms with Crippen LogP contribution >= 0.6 is 0 Å². The van der Waals surface area contributed by atoms with Crippen molar-refractivity contribution in [1.82, 2.24) is 15.5 Å². The van der Waals surface area contributed by atoms with Crippen molar-refractivity contribution in [1.29, 1.82) is 0 Å². The van der Waals surface area contributed by atoms with Crippen LogP contribution in [0.4, 0.5) is 0 Å². The van der Waals surface area contributed by atoms with Crippen molar-refractivity contribution in [2.24, 2.45) is 0 Å². The van der Waals surface area contributed by atoms with Crippen LogP contribution in [0.25, 0.3) is 0 Å². The molecule has 5 nitrogen and oxygen atoms in total. The first-order valence-electron chi connectivity index (χ1n) is 5.85. The second kappa shape index (κ2) is 5.86. The molecule has 0 saturated heterocycles. The summed E-state index contributed by atoms with van der Waals surface area (Å²) < 4.78 is 0. The number of aromatic nitrogens is 2. The highest BCUT2D eigenvalue weighted by atomic mass is 16.2. The van der Waals surface area contributed by atoms with Crippen molar-refractivity contribution >= 4 is 5.91 Å². The molecule has 94 valence electrons. The number of carbonyl (C=O) groups is 1. The lowest BCUT2D eigenvalue weighted by atomic mass is 10.1. The maximum absolute atomic E-state index is 11.6. The molecule has 0 aliphatic heterocycles. The van der Waals surface area contributed by atoms with E-state index in [1.54, 1.807) is 0 Å². The molecule has 2 aromatic rings. The summed E-state index contributed by atoms with van der Waals surface area (Å²) in [6, 6.07) is 11.3. The van der Waals surface area contributed by atoms with E-state index in [0.29, 0.717) is 6.54 Å². The second-order valence-corrected chi connectivity index (χ2v) is 4.02. The summed E-state index contributed by atoms with van der Waals surface area (Å²) in [5.41, 5.74) is 1.21. The molecular weight excluding hydrogens is 230 g/mol. The van der Waals surface area contributed by atoms with E-state index < -0.39 is 0 Å². The number of H-pyrrole nitrogens is 2. The van der Waals surface area contributed by atoms with E-state index in [-0.39, 0.29) is 17.2 Å². The maximum atomic E-state index is 11.6. The Bertz CT molecular complexity index is 557. The van der Waals surface area contributed by atoms with E-state index in [9.17, 15) is 9.59 Å². The highest BCUT2D eigenvalue weighted by Crippen LogP contribution is 2.01.